The van der Waals surface area contributed by atoms with E-state index in [0.717, 1.165) is 63.4 Å². The molecule has 5 fully saturated rings. The average molecular weight is 577 g/mol. The number of aliphatic hydroxyl groups excluding tert-OH is 1. The van der Waals surface area contributed by atoms with Crippen molar-refractivity contribution in [3.05, 3.63) is 11.6 Å². The van der Waals surface area contributed by atoms with E-state index in [4.69, 9.17) is 23.7 Å². The second kappa shape index (κ2) is 10.6. The third kappa shape index (κ3) is 4.60. The van der Waals surface area contributed by atoms with Gasteiger partial charge in [-0.2, -0.15) is 0 Å². The van der Waals surface area contributed by atoms with Crippen molar-refractivity contribution in [2.75, 3.05) is 13.7 Å². The number of aliphatic hydroxyl groups is 2. The Morgan fingerprint density at radius 2 is 1.83 bits per heavy atom. The number of cyclic esters (lactones) is 1. The molecule has 6 aliphatic rings. The van der Waals surface area contributed by atoms with Crippen LogP contribution in [0.5, 0.6) is 0 Å². The van der Waals surface area contributed by atoms with Crippen LogP contribution in [0.4, 0.5) is 0 Å². The fraction of sp³-hybridized carbons (Fsp3) is 0.875. The lowest BCUT2D eigenvalue weighted by molar-refractivity contribution is -0.315. The Labute approximate surface area is 243 Å². The molecule has 0 aromatic rings. The Morgan fingerprint density at radius 1 is 1.05 bits per heavy atom. The van der Waals surface area contributed by atoms with Gasteiger partial charge in [-0.25, -0.2) is 4.79 Å². The molecule has 9 heteroatoms. The second-order valence-corrected chi connectivity index (χ2v) is 14.3. The number of esters is 2. The molecule has 41 heavy (non-hydrogen) atoms. The summed E-state index contributed by atoms with van der Waals surface area (Å²) >= 11 is 0. The van der Waals surface area contributed by atoms with Crippen LogP contribution in [0.1, 0.15) is 85.5 Å². The summed E-state index contributed by atoms with van der Waals surface area (Å²) in [6.45, 7) is 8.19. The van der Waals surface area contributed by atoms with Crippen molar-refractivity contribution >= 4 is 11.9 Å². The van der Waals surface area contributed by atoms with E-state index >= 15 is 0 Å². The molecule has 0 radical (unpaired) electrons. The lowest BCUT2D eigenvalue weighted by Gasteiger charge is -2.64. The van der Waals surface area contributed by atoms with Gasteiger partial charge in [-0.3, -0.25) is 4.79 Å². The first-order valence-electron chi connectivity index (χ1n) is 15.7. The predicted octanol–water partition coefficient (Wildman–Crippen LogP) is 3.68. The lowest BCUT2D eigenvalue weighted by Crippen LogP contribution is -2.63. The van der Waals surface area contributed by atoms with E-state index < -0.39 is 42.3 Å². The number of fused-ring (bicyclic) bond motifs is 5. The molecule has 0 bridgehead atoms. The summed E-state index contributed by atoms with van der Waals surface area (Å²) in [7, 11) is 1.50. The van der Waals surface area contributed by atoms with Crippen LogP contribution in [0.25, 0.3) is 0 Å². The molecule has 6 rings (SSSR count). The van der Waals surface area contributed by atoms with Gasteiger partial charge in [0.2, 0.25) is 0 Å². The number of hydrogen-bond donors (Lipinski definition) is 2. The number of carbonyl (C=O) groups excluding carboxylic acids is 2. The SMILES string of the molecule is CO[C@H]1[C@H](O)[C@@H](C)O[C@@H](O[C@H]2CC[C@@]3(C)[C@H](CC[C@H]4[C@H]3CC[C@]3(C)[C@@H](C5=CC(=O)OC5)CC[C@]43O)C2)[C@@H]1OC(C)=O. The molecule has 230 valence electrons. The first-order chi connectivity index (χ1) is 19.4. The third-order valence-electron chi connectivity index (χ3n) is 12.6. The molecular weight excluding hydrogens is 528 g/mol. The van der Waals surface area contributed by atoms with Crippen molar-refractivity contribution < 1.29 is 43.5 Å². The van der Waals surface area contributed by atoms with Crippen LogP contribution < -0.4 is 0 Å². The number of ether oxygens (including phenoxy) is 5. The van der Waals surface area contributed by atoms with Crippen LogP contribution in [0.3, 0.4) is 0 Å². The first-order valence-corrected chi connectivity index (χ1v) is 15.7. The smallest absolute Gasteiger partial charge is 0.331 e. The molecule has 0 spiro atoms. The summed E-state index contributed by atoms with van der Waals surface area (Å²) in [6, 6.07) is 0. The summed E-state index contributed by atoms with van der Waals surface area (Å²) in [5, 5.41) is 23.1. The van der Waals surface area contributed by atoms with E-state index in [1.807, 2.05) is 0 Å². The number of rotatable bonds is 5. The molecule has 0 unspecified atom stereocenters. The highest BCUT2D eigenvalue weighted by Gasteiger charge is 2.67. The maximum absolute atomic E-state index is 12.5. The van der Waals surface area contributed by atoms with Gasteiger partial charge in [0.25, 0.3) is 0 Å². The molecule has 13 atom stereocenters. The molecule has 0 aromatic carbocycles. The van der Waals surface area contributed by atoms with Crippen molar-refractivity contribution in [1.29, 1.82) is 0 Å². The highest BCUT2D eigenvalue weighted by atomic mass is 16.7. The summed E-state index contributed by atoms with van der Waals surface area (Å²) < 4.78 is 28.9. The maximum atomic E-state index is 12.5. The zero-order chi connectivity index (χ0) is 29.3. The summed E-state index contributed by atoms with van der Waals surface area (Å²) in [5.74, 6) is 0.650. The summed E-state index contributed by atoms with van der Waals surface area (Å²) in [6.07, 6.45) is 6.35. The zero-order valence-corrected chi connectivity index (χ0v) is 25.2. The summed E-state index contributed by atoms with van der Waals surface area (Å²) in [4.78, 5) is 23.7. The van der Waals surface area contributed by atoms with Gasteiger partial charge in [0, 0.05) is 25.5 Å². The fourth-order valence-corrected chi connectivity index (χ4v) is 10.4. The molecule has 4 saturated carbocycles. The van der Waals surface area contributed by atoms with Gasteiger partial charge in [0.1, 0.15) is 18.8 Å². The largest absolute Gasteiger partial charge is 0.458 e. The van der Waals surface area contributed by atoms with Gasteiger partial charge in [0.05, 0.1) is 17.8 Å². The van der Waals surface area contributed by atoms with Crippen molar-refractivity contribution in [3.63, 3.8) is 0 Å². The van der Waals surface area contributed by atoms with E-state index in [1.165, 1.54) is 14.0 Å². The molecule has 2 N–H and O–H groups in total. The van der Waals surface area contributed by atoms with Gasteiger partial charge in [-0.15, -0.1) is 0 Å². The minimum Gasteiger partial charge on any atom is -0.458 e. The molecule has 1 saturated heterocycles. The Balaban J connectivity index is 1.16. The minimum atomic E-state index is -0.926. The van der Waals surface area contributed by atoms with E-state index in [1.54, 1.807) is 13.0 Å². The molecule has 4 aliphatic carbocycles. The zero-order valence-electron chi connectivity index (χ0n) is 25.2. The van der Waals surface area contributed by atoms with E-state index in [9.17, 15) is 19.8 Å². The van der Waals surface area contributed by atoms with Crippen LogP contribution in [0, 0.1) is 34.5 Å². The minimum absolute atomic E-state index is 0.0488. The van der Waals surface area contributed by atoms with Gasteiger partial charge >= 0.3 is 11.9 Å². The molecule has 0 amide bonds. The van der Waals surface area contributed by atoms with Crippen LogP contribution in [-0.2, 0) is 33.3 Å². The molecular formula is C32H48O9. The van der Waals surface area contributed by atoms with Crippen molar-refractivity contribution in [2.45, 2.75) is 128 Å². The molecule has 2 heterocycles. The Hall–Kier alpha value is -1.52. The Bertz CT molecular complexity index is 1080. The lowest BCUT2D eigenvalue weighted by atomic mass is 9.43. The number of methoxy groups -OCH3 is 1. The van der Waals surface area contributed by atoms with Crippen molar-refractivity contribution in [3.8, 4) is 0 Å². The van der Waals surface area contributed by atoms with E-state index in [-0.39, 0.29) is 34.7 Å². The van der Waals surface area contributed by atoms with Gasteiger partial charge < -0.3 is 33.9 Å². The van der Waals surface area contributed by atoms with Crippen molar-refractivity contribution in [1.82, 2.24) is 0 Å². The van der Waals surface area contributed by atoms with Gasteiger partial charge in [-0.1, -0.05) is 13.8 Å². The third-order valence-corrected chi connectivity index (χ3v) is 12.6. The monoisotopic (exact) mass is 576 g/mol. The van der Waals surface area contributed by atoms with Crippen molar-refractivity contribution in [2.24, 2.45) is 34.5 Å². The number of hydrogen-bond acceptors (Lipinski definition) is 9. The van der Waals surface area contributed by atoms with Crippen LogP contribution in [-0.4, -0.2) is 78.3 Å². The van der Waals surface area contributed by atoms with Crippen LogP contribution in [0.15, 0.2) is 11.6 Å². The topological polar surface area (TPSA) is 121 Å². The molecule has 2 aliphatic heterocycles. The van der Waals surface area contributed by atoms with Gasteiger partial charge in [0.15, 0.2) is 12.4 Å². The number of carbonyl (C=O) groups is 2. The highest BCUT2D eigenvalue weighted by Crippen LogP contribution is 2.70. The Morgan fingerprint density at radius 3 is 2.51 bits per heavy atom. The van der Waals surface area contributed by atoms with E-state index in [2.05, 4.69) is 13.8 Å². The van der Waals surface area contributed by atoms with E-state index in [0.29, 0.717) is 18.4 Å². The molecule has 9 nitrogen and oxygen atoms in total. The molecule has 0 aromatic heterocycles. The predicted molar refractivity (Wildman–Crippen MR) is 147 cm³/mol. The van der Waals surface area contributed by atoms with Crippen LogP contribution >= 0.6 is 0 Å². The normalized spacial score (nSPS) is 51.2. The standard InChI is InChI=1S/C32H48O9/c1-17-26(35)27(37-5)28(40-18(2)33)29(39-17)41-21-8-11-30(3)20(15-21)6-7-24-23(30)9-12-31(4)22(10-13-32(24,31)36)19-14-25(34)38-16-19/h14,17,20-24,26-29,35-36H,6-13,15-16H2,1-5H3/t17-,20-,21+,22-,23-,24+,26-,27+,28-,29+,30+,31-,32+/m1/s1. The second-order valence-electron chi connectivity index (χ2n) is 14.3. The highest BCUT2D eigenvalue weighted by molar-refractivity contribution is 5.85. The fourth-order valence-electron chi connectivity index (χ4n) is 10.4. The maximum Gasteiger partial charge on any atom is 0.331 e. The quantitative estimate of drug-likeness (QED) is 0.373. The van der Waals surface area contributed by atoms with Crippen LogP contribution in [0.2, 0.25) is 0 Å². The summed E-state index contributed by atoms with van der Waals surface area (Å²) in [5.41, 5.74) is 0.221. The van der Waals surface area contributed by atoms with Gasteiger partial charge in [-0.05, 0) is 99.4 Å². The average Bonchev–Trinajstić information content (AvgIpc) is 3.46. The first kappa shape index (κ1) is 29.5. The Kier molecular flexibility index (Phi) is 7.62.